The van der Waals surface area contributed by atoms with E-state index in [0.29, 0.717) is 13.2 Å². The Morgan fingerprint density at radius 1 is 1.32 bits per heavy atom. The summed E-state index contributed by atoms with van der Waals surface area (Å²) < 4.78 is 11.4. The van der Waals surface area contributed by atoms with Crippen molar-refractivity contribution in [3.63, 3.8) is 0 Å². The van der Waals surface area contributed by atoms with Crippen molar-refractivity contribution in [1.29, 1.82) is 0 Å². The average Bonchev–Trinajstić information content (AvgIpc) is 2.97. The Balaban J connectivity index is 2.06. The number of ether oxygens (including phenoxy) is 2. The van der Waals surface area contributed by atoms with E-state index in [2.05, 4.69) is 6.92 Å². The monoisotopic (exact) mass is 261 g/mol. The molecular weight excluding hydrogens is 242 g/mol. The number of hydrogen-bond donors (Lipinski definition) is 0. The quantitative estimate of drug-likeness (QED) is 0.838. The van der Waals surface area contributed by atoms with Gasteiger partial charge in [-0.3, -0.25) is 4.79 Å². The molecule has 0 radical (unpaired) electrons. The van der Waals surface area contributed by atoms with E-state index in [1.165, 1.54) is 0 Å². The molecule has 0 N–H and O–H groups in total. The summed E-state index contributed by atoms with van der Waals surface area (Å²) in [6.07, 6.45) is 2.04. The number of carbonyl (C=O) groups excluding carboxylic acids is 1. The summed E-state index contributed by atoms with van der Waals surface area (Å²) in [6, 6.07) is 6.03. The second-order valence-corrected chi connectivity index (χ2v) is 5.14. The van der Waals surface area contributed by atoms with Gasteiger partial charge in [-0.15, -0.1) is 0 Å². The fourth-order valence-electron chi connectivity index (χ4n) is 2.78. The normalized spacial score (nSPS) is 20.3. The van der Waals surface area contributed by atoms with Crippen LogP contribution in [0.1, 0.15) is 30.9 Å². The van der Waals surface area contributed by atoms with Crippen LogP contribution in [-0.2, 0) is 20.1 Å². The van der Waals surface area contributed by atoms with Crippen LogP contribution < -0.4 is 4.90 Å². The molecule has 2 aliphatic rings. The number of unbranched alkanes of at least 4 members (excludes halogenated alkanes) is 1. The molecule has 1 aromatic rings. The third-order valence-electron chi connectivity index (χ3n) is 3.75. The number of nitrogens with zero attached hydrogens (tertiary/aromatic N) is 1. The number of carbonyl (C=O) groups is 1. The van der Waals surface area contributed by atoms with Gasteiger partial charge >= 0.3 is 0 Å². The van der Waals surface area contributed by atoms with E-state index >= 15 is 0 Å². The maximum atomic E-state index is 12.7. The van der Waals surface area contributed by atoms with Gasteiger partial charge in [-0.2, -0.15) is 0 Å². The smallest absolute Gasteiger partial charge is 0.292 e. The van der Waals surface area contributed by atoms with E-state index in [1.807, 2.05) is 30.0 Å². The Morgan fingerprint density at radius 3 is 2.74 bits per heavy atom. The van der Waals surface area contributed by atoms with Crippen molar-refractivity contribution in [2.24, 2.45) is 0 Å². The van der Waals surface area contributed by atoms with Gasteiger partial charge in [-0.05, 0) is 25.5 Å². The van der Waals surface area contributed by atoms with Crippen LogP contribution in [0, 0.1) is 6.92 Å². The highest BCUT2D eigenvalue weighted by atomic mass is 16.7. The molecule has 1 spiro atoms. The van der Waals surface area contributed by atoms with Crippen molar-refractivity contribution >= 4 is 11.6 Å². The summed E-state index contributed by atoms with van der Waals surface area (Å²) in [5.41, 5.74) is 2.92. The zero-order valence-corrected chi connectivity index (χ0v) is 11.4. The van der Waals surface area contributed by atoms with Crippen LogP contribution in [-0.4, -0.2) is 25.7 Å². The summed E-state index contributed by atoms with van der Waals surface area (Å²) in [4.78, 5) is 14.5. The van der Waals surface area contributed by atoms with Gasteiger partial charge in [-0.25, -0.2) is 0 Å². The molecule has 0 aromatic heterocycles. The van der Waals surface area contributed by atoms with Crippen molar-refractivity contribution in [2.75, 3.05) is 24.7 Å². The SMILES string of the molecule is CCCCN1C(=O)C2(OCCO2)c2cc(C)ccc21. The minimum atomic E-state index is -1.17. The fourth-order valence-corrected chi connectivity index (χ4v) is 2.78. The van der Waals surface area contributed by atoms with Gasteiger partial charge in [-0.1, -0.05) is 25.0 Å². The summed E-state index contributed by atoms with van der Waals surface area (Å²) in [6.45, 7) is 5.80. The topological polar surface area (TPSA) is 38.8 Å². The van der Waals surface area contributed by atoms with Gasteiger partial charge in [0.15, 0.2) is 0 Å². The van der Waals surface area contributed by atoms with Crippen molar-refractivity contribution in [1.82, 2.24) is 0 Å². The van der Waals surface area contributed by atoms with Crippen LogP contribution in [0.4, 0.5) is 5.69 Å². The Bertz CT molecular complexity index is 506. The number of amides is 1. The number of hydrogen-bond acceptors (Lipinski definition) is 3. The lowest BCUT2D eigenvalue weighted by Crippen LogP contribution is -2.41. The van der Waals surface area contributed by atoms with E-state index < -0.39 is 5.79 Å². The minimum Gasteiger partial charge on any atom is -0.336 e. The molecule has 1 amide bonds. The predicted octanol–water partition coefficient (Wildman–Crippen LogP) is 2.34. The second kappa shape index (κ2) is 4.62. The van der Waals surface area contributed by atoms with Crippen molar-refractivity contribution in [3.05, 3.63) is 29.3 Å². The summed E-state index contributed by atoms with van der Waals surface area (Å²) >= 11 is 0. The Labute approximate surface area is 113 Å². The van der Waals surface area contributed by atoms with E-state index in [9.17, 15) is 4.79 Å². The maximum Gasteiger partial charge on any atom is 0.292 e. The van der Waals surface area contributed by atoms with Gasteiger partial charge < -0.3 is 14.4 Å². The van der Waals surface area contributed by atoms with Gasteiger partial charge in [0.2, 0.25) is 0 Å². The second-order valence-electron chi connectivity index (χ2n) is 5.14. The number of benzene rings is 1. The molecule has 4 nitrogen and oxygen atoms in total. The zero-order chi connectivity index (χ0) is 13.5. The molecule has 4 heteroatoms. The lowest BCUT2D eigenvalue weighted by atomic mass is 10.0. The molecule has 1 aromatic carbocycles. The molecule has 1 fully saturated rings. The van der Waals surface area contributed by atoms with E-state index in [-0.39, 0.29) is 5.91 Å². The maximum absolute atomic E-state index is 12.7. The van der Waals surface area contributed by atoms with Crippen LogP contribution in [0.5, 0.6) is 0 Å². The summed E-state index contributed by atoms with van der Waals surface area (Å²) in [5, 5.41) is 0. The highest BCUT2D eigenvalue weighted by molar-refractivity contribution is 6.06. The van der Waals surface area contributed by atoms with Crippen molar-refractivity contribution in [3.8, 4) is 0 Å². The molecule has 102 valence electrons. The number of anilines is 1. The fraction of sp³-hybridized carbons (Fsp3) is 0.533. The lowest BCUT2D eigenvalue weighted by molar-refractivity contribution is -0.180. The average molecular weight is 261 g/mol. The first-order valence-electron chi connectivity index (χ1n) is 6.90. The highest BCUT2D eigenvalue weighted by Crippen LogP contribution is 2.46. The lowest BCUT2D eigenvalue weighted by Gasteiger charge is -2.22. The van der Waals surface area contributed by atoms with Crippen LogP contribution in [0.25, 0.3) is 0 Å². The number of aryl methyl sites for hydroxylation is 1. The molecule has 1 saturated heterocycles. The summed E-state index contributed by atoms with van der Waals surface area (Å²) in [5.74, 6) is -1.24. The molecule has 0 saturated carbocycles. The van der Waals surface area contributed by atoms with Crippen molar-refractivity contribution < 1.29 is 14.3 Å². The van der Waals surface area contributed by atoms with E-state index in [1.54, 1.807) is 0 Å². The first-order chi connectivity index (χ1) is 9.19. The van der Waals surface area contributed by atoms with Gasteiger partial charge in [0.1, 0.15) is 0 Å². The van der Waals surface area contributed by atoms with Gasteiger partial charge in [0.05, 0.1) is 18.9 Å². The molecule has 0 bridgehead atoms. The molecule has 2 heterocycles. The Hall–Kier alpha value is -1.39. The minimum absolute atomic E-state index is 0.0703. The van der Waals surface area contributed by atoms with Crippen molar-refractivity contribution in [2.45, 2.75) is 32.5 Å². The predicted molar refractivity (Wildman–Crippen MR) is 72.0 cm³/mol. The van der Waals surface area contributed by atoms with E-state index in [0.717, 1.165) is 36.2 Å². The van der Waals surface area contributed by atoms with Crippen LogP contribution in [0.3, 0.4) is 0 Å². The highest BCUT2D eigenvalue weighted by Gasteiger charge is 2.55. The number of fused-ring (bicyclic) bond motifs is 2. The molecule has 0 atom stereocenters. The molecule has 3 rings (SSSR count). The van der Waals surface area contributed by atoms with Crippen LogP contribution in [0.2, 0.25) is 0 Å². The Morgan fingerprint density at radius 2 is 2.05 bits per heavy atom. The van der Waals surface area contributed by atoms with Gasteiger partial charge in [0, 0.05) is 12.1 Å². The van der Waals surface area contributed by atoms with Crippen LogP contribution >= 0.6 is 0 Å². The molecule has 2 aliphatic heterocycles. The molecule has 0 unspecified atom stereocenters. The molecule has 19 heavy (non-hydrogen) atoms. The number of rotatable bonds is 3. The summed E-state index contributed by atoms with van der Waals surface area (Å²) in [7, 11) is 0. The third-order valence-corrected chi connectivity index (χ3v) is 3.75. The third kappa shape index (κ3) is 1.78. The molecular formula is C15H19NO3. The van der Waals surface area contributed by atoms with Gasteiger partial charge in [0.25, 0.3) is 11.7 Å². The standard InChI is InChI=1S/C15H19NO3/c1-3-4-7-16-13-6-5-11(2)10-12(13)15(14(16)17)18-8-9-19-15/h5-6,10H,3-4,7-9H2,1-2H3. The first-order valence-corrected chi connectivity index (χ1v) is 6.90. The Kier molecular flexibility index (Phi) is 3.07. The zero-order valence-electron chi connectivity index (χ0n) is 11.4. The largest absolute Gasteiger partial charge is 0.336 e. The first kappa shape index (κ1) is 12.6. The van der Waals surface area contributed by atoms with Crippen LogP contribution in [0.15, 0.2) is 18.2 Å². The van der Waals surface area contributed by atoms with E-state index in [4.69, 9.17) is 9.47 Å². The molecule has 0 aliphatic carbocycles.